The molecule has 3 nitrogen and oxygen atoms in total. The molecule has 3 heterocycles. The van der Waals surface area contributed by atoms with E-state index in [4.69, 9.17) is 0 Å². The maximum Gasteiger partial charge on any atom is 0.154 e. The predicted molar refractivity (Wildman–Crippen MR) is 71.6 cm³/mol. The van der Waals surface area contributed by atoms with E-state index in [1.54, 1.807) is 29.8 Å². The van der Waals surface area contributed by atoms with Gasteiger partial charge in [0.1, 0.15) is 0 Å². The van der Waals surface area contributed by atoms with Crippen LogP contribution in [0.4, 0.5) is 0 Å². The van der Waals surface area contributed by atoms with Crippen molar-refractivity contribution in [2.75, 3.05) is 0 Å². The second-order valence-corrected chi connectivity index (χ2v) is 6.02. The molecule has 17 heavy (non-hydrogen) atoms. The highest BCUT2D eigenvalue weighted by Gasteiger charge is 2.08. The molecule has 0 aromatic carbocycles. The summed E-state index contributed by atoms with van der Waals surface area (Å²) in [4.78, 5) is 16.2. The van der Waals surface area contributed by atoms with Crippen LogP contribution in [-0.2, 0) is 0 Å². The highest BCUT2D eigenvalue weighted by Crippen LogP contribution is 2.30. The van der Waals surface area contributed by atoms with E-state index in [1.165, 1.54) is 0 Å². The summed E-state index contributed by atoms with van der Waals surface area (Å²) in [6, 6.07) is 7.68. The third-order valence-corrected chi connectivity index (χ3v) is 4.10. The average molecular weight is 307 g/mol. The lowest BCUT2D eigenvalue weighted by Gasteiger charge is -1.99. The second kappa shape index (κ2) is 4.09. The fraction of sp³-hybridized carbons (Fsp3) is 0. The molecule has 0 spiro atoms. The largest absolute Gasteiger partial charge is 0.298 e. The lowest BCUT2D eigenvalue weighted by Crippen LogP contribution is -1.90. The van der Waals surface area contributed by atoms with E-state index >= 15 is 0 Å². The lowest BCUT2D eigenvalue weighted by atomic mass is 10.3. The topological polar surface area (TPSA) is 34.4 Å². The standard InChI is InChI=1S/C12H7BrN2OS/c13-11-4-3-10(17-11)12-14-5-9-2-1-8(7-16)6-15(9)12/h1-7H. The van der Waals surface area contributed by atoms with Gasteiger partial charge in [-0.1, -0.05) is 0 Å². The van der Waals surface area contributed by atoms with Crippen LogP contribution in [-0.4, -0.2) is 15.7 Å². The number of nitrogens with zero attached hydrogens (tertiary/aromatic N) is 2. The molecule has 0 saturated heterocycles. The van der Waals surface area contributed by atoms with Crippen LogP contribution in [0.5, 0.6) is 0 Å². The number of carbonyl (C=O) groups excluding carboxylic acids is 1. The molecule has 5 heteroatoms. The quantitative estimate of drug-likeness (QED) is 0.677. The van der Waals surface area contributed by atoms with E-state index in [-0.39, 0.29) is 0 Å². The second-order valence-electron chi connectivity index (χ2n) is 3.56. The monoisotopic (exact) mass is 306 g/mol. The number of imidazole rings is 1. The maximum absolute atomic E-state index is 10.8. The summed E-state index contributed by atoms with van der Waals surface area (Å²) in [7, 11) is 0. The number of halogens is 1. The van der Waals surface area contributed by atoms with E-state index in [2.05, 4.69) is 20.9 Å². The Balaban J connectivity index is 2.26. The summed E-state index contributed by atoms with van der Waals surface area (Å²) < 4.78 is 3.00. The van der Waals surface area contributed by atoms with E-state index in [9.17, 15) is 4.79 Å². The van der Waals surface area contributed by atoms with Crippen LogP contribution < -0.4 is 0 Å². The van der Waals surface area contributed by atoms with Crippen LogP contribution in [0, 0.1) is 0 Å². The molecule has 0 atom stereocenters. The van der Waals surface area contributed by atoms with Gasteiger partial charge in [-0.15, -0.1) is 11.3 Å². The van der Waals surface area contributed by atoms with Gasteiger partial charge >= 0.3 is 0 Å². The van der Waals surface area contributed by atoms with Crippen molar-refractivity contribution in [3.05, 3.63) is 46.0 Å². The zero-order valence-electron chi connectivity index (χ0n) is 8.63. The SMILES string of the molecule is O=Cc1ccc2cnc(-c3ccc(Br)s3)n2c1. The minimum Gasteiger partial charge on any atom is -0.298 e. The molecule has 0 aliphatic rings. The molecular formula is C12H7BrN2OS. The number of rotatable bonds is 2. The van der Waals surface area contributed by atoms with Gasteiger partial charge in [-0.25, -0.2) is 4.98 Å². The van der Waals surface area contributed by atoms with Crippen LogP contribution in [0.25, 0.3) is 16.2 Å². The van der Waals surface area contributed by atoms with Gasteiger partial charge in [0.25, 0.3) is 0 Å². The molecule has 0 bridgehead atoms. The number of aromatic nitrogens is 2. The van der Waals surface area contributed by atoms with Crippen molar-refractivity contribution in [3.8, 4) is 10.7 Å². The lowest BCUT2D eigenvalue weighted by molar-refractivity contribution is 0.112. The number of thiophene rings is 1. The molecule has 0 unspecified atom stereocenters. The van der Waals surface area contributed by atoms with Crippen LogP contribution in [0.15, 0.2) is 40.4 Å². The molecule has 0 aliphatic heterocycles. The molecule has 0 amide bonds. The third kappa shape index (κ3) is 1.81. The molecule has 0 N–H and O–H groups in total. The van der Waals surface area contributed by atoms with Gasteiger partial charge in [0.2, 0.25) is 0 Å². The number of pyridine rings is 1. The zero-order valence-corrected chi connectivity index (χ0v) is 11.0. The van der Waals surface area contributed by atoms with Gasteiger partial charge in [-0.05, 0) is 40.2 Å². The number of carbonyl (C=O) groups is 1. The molecule has 3 rings (SSSR count). The Morgan fingerprint density at radius 3 is 2.88 bits per heavy atom. The van der Waals surface area contributed by atoms with Crippen molar-refractivity contribution in [2.24, 2.45) is 0 Å². The molecule has 3 aromatic rings. The van der Waals surface area contributed by atoms with Crippen molar-refractivity contribution in [3.63, 3.8) is 0 Å². The van der Waals surface area contributed by atoms with E-state index in [0.717, 1.165) is 26.3 Å². The molecule has 0 saturated carbocycles. The highest BCUT2D eigenvalue weighted by molar-refractivity contribution is 9.11. The zero-order chi connectivity index (χ0) is 11.8. The first-order valence-electron chi connectivity index (χ1n) is 4.96. The number of fused-ring (bicyclic) bond motifs is 1. The highest BCUT2D eigenvalue weighted by atomic mass is 79.9. The maximum atomic E-state index is 10.8. The Morgan fingerprint density at radius 1 is 1.29 bits per heavy atom. The summed E-state index contributed by atoms with van der Waals surface area (Å²) in [5.41, 5.74) is 1.63. The summed E-state index contributed by atoms with van der Waals surface area (Å²) in [6.07, 6.45) is 4.45. The van der Waals surface area contributed by atoms with Gasteiger partial charge in [0.05, 0.1) is 20.4 Å². The minimum atomic E-state index is 0.646. The van der Waals surface area contributed by atoms with Crippen molar-refractivity contribution < 1.29 is 4.79 Å². The molecule has 84 valence electrons. The Hall–Kier alpha value is -1.46. The first-order chi connectivity index (χ1) is 8.28. The van der Waals surface area contributed by atoms with E-state index in [0.29, 0.717) is 5.56 Å². The van der Waals surface area contributed by atoms with Crippen LogP contribution >= 0.6 is 27.3 Å². The van der Waals surface area contributed by atoms with Crippen molar-refractivity contribution >= 4 is 39.1 Å². The Bertz CT molecular complexity index is 701. The molecular weight excluding hydrogens is 300 g/mol. The molecule has 0 aliphatic carbocycles. The van der Waals surface area contributed by atoms with Gasteiger partial charge < -0.3 is 0 Å². The average Bonchev–Trinajstić information content (AvgIpc) is 2.93. The van der Waals surface area contributed by atoms with Crippen LogP contribution in [0.3, 0.4) is 0 Å². The summed E-state index contributed by atoms with van der Waals surface area (Å²) >= 11 is 5.05. The third-order valence-electron chi connectivity index (χ3n) is 2.48. The summed E-state index contributed by atoms with van der Waals surface area (Å²) in [5, 5.41) is 0. The summed E-state index contributed by atoms with van der Waals surface area (Å²) in [6.45, 7) is 0. The van der Waals surface area contributed by atoms with Gasteiger partial charge in [0, 0.05) is 11.8 Å². The fourth-order valence-corrected chi connectivity index (χ4v) is 3.07. The number of hydrogen-bond acceptors (Lipinski definition) is 3. The van der Waals surface area contributed by atoms with E-state index < -0.39 is 0 Å². The van der Waals surface area contributed by atoms with Crippen LogP contribution in [0.1, 0.15) is 10.4 Å². The first-order valence-corrected chi connectivity index (χ1v) is 6.57. The Morgan fingerprint density at radius 2 is 2.18 bits per heavy atom. The molecule has 3 aromatic heterocycles. The predicted octanol–water partition coefficient (Wildman–Crippen LogP) is 3.64. The van der Waals surface area contributed by atoms with E-state index in [1.807, 2.05) is 22.6 Å². The van der Waals surface area contributed by atoms with Gasteiger partial charge in [0.15, 0.2) is 12.1 Å². The first kappa shape index (κ1) is 10.7. The van der Waals surface area contributed by atoms with Crippen molar-refractivity contribution in [1.29, 1.82) is 0 Å². The van der Waals surface area contributed by atoms with Crippen molar-refractivity contribution in [2.45, 2.75) is 0 Å². The minimum absolute atomic E-state index is 0.646. The Labute approximate surface area is 110 Å². The van der Waals surface area contributed by atoms with Gasteiger partial charge in [-0.2, -0.15) is 0 Å². The van der Waals surface area contributed by atoms with Crippen LogP contribution in [0.2, 0.25) is 0 Å². The fourth-order valence-electron chi connectivity index (χ4n) is 1.69. The van der Waals surface area contributed by atoms with Gasteiger partial charge in [-0.3, -0.25) is 9.20 Å². The molecule has 0 fully saturated rings. The number of hydrogen-bond donors (Lipinski definition) is 0. The Kier molecular flexibility index (Phi) is 2.57. The molecule has 0 radical (unpaired) electrons. The smallest absolute Gasteiger partial charge is 0.154 e. The van der Waals surface area contributed by atoms with Crippen molar-refractivity contribution in [1.82, 2.24) is 9.38 Å². The summed E-state index contributed by atoms with van der Waals surface area (Å²) in [5.74, 6) is 0.861. The number of aldehydes is 1. The normalized spacial score (nSPS) is 10.9.